The zero-order valence-electron chi connectivity index (χ0n) is 11.0. The topological polar surface area (TPSA) is 53.1 Å². The summed E-state index contributed by atoms with van der Waals surface area (Å²) in [5.41, 5.74) is 8.65. The lowest BCUT2D eigenvalue weighted by Crippen LogP contribution is -2.33. The van der Waals surface area contributed by atoms with Crippen LogP contribution >= 0.6 is 0 Å². The predicted octanol–water partition coefficient (Wildman–Crippen LogP) is 1.28. The lowest BCUT2D eigenvalue weighted by molar-refractivity contribution is 0.118. The van der Waals surface area contributed by atoms with Gasteiger partial charge in [0.05, 0.1) is 18.4 Å². The minimum atomic E-state index is 0.181. The molecule has 3 unspecified atom stereocenters. The van der Waals surface area contributed by atoms with E-state index in [1.807, 2.05) is 11.7 Å². The summed E-state index contributed by atoms with van der Waals surface area (Å²) in [6.07, 6.45) is 3.32. The standard InChI is InChI=1S/C13H23N3O/c1-4-11-6-12(16(3)15-11)7-13(14)10-5-9(2)17-8-10/h6,9-10,13H,4-5,7-8,14H2,1-3H3. The van der Waals surface area contributed by atoms with E-state index in [4.69, 9.17) is 10.5 Å². The number of aromatic nitrogens is 2. The number of hydrogen-bond acceptors (Lipinski definition) is 3. The van der Waals surface area contributed by atoms with E-state index in [1.165, 1.54) is 5.69 Å². The second-order valence-electron chi connectivity index (χ2n) is 5.11. The van der Waals surface area contributed by atoms with E-state index in [0.717, 1.165) is 31.6 Å². The highest BCUT2D eigenvalue weighted by molar-refractivity contribution is 5.11. The van der Waals surface area contributed by atoms with Gasteiger partial charge in [0, 0.05) is 31.1 Å². The van der Waals surface area contributed by atoms with Crippen molar-refractivity contribution in [3.63, 3.8) is 0 Å². The van der Waals surface area contributed by atoms with Crippen molar-refractivity contribution in [3.05, 3.63) is 17.5 Å². The zero-order chi connectivity index (χ0) is 12.4. The number of ether oxygens (including phenoxy) is 1. The number of aryl methyl sites for hydroxylation is 2. The van der Waals surface area contributed by atoms with Crippen LogP contribution in [0.15, 0.2) is 6.07 Å². The molecule has 0 radical (unpaired) electrons. The number of rotatable bonds is 4. The van der Waals surface area contributed by atoms with Gasteiger partial charge in [0.1, 0.15) is 0 Å². The average molecular weight is 237 g/mol. The van der Waals surface area contributed by atoms with Gasteiger partial charge >= 0.3 is 0 Å². The van der Waals surface area contributed by atoms with Gasteiger partial charge in [-0.2, -0.15) is 5.10 Å². The van der Waals surface area contributed by atoms with E-state index in [0.29, 0.717) is 12.0 Å². The maximum absolute atomic E-state index is 6.27. The van der Waals surface area contributed by atoms with Gasteiger partial charge in [-0.15, -0.1) is 0 Å². The molecule has 0 spiro atoms. The number of hydrogen-bond donors (Lipinski definition) is 1. The molecular formula is C13H23N3O. The van der Waals surface area contributed by atoms with Crippen molar-refractivity contribution in [2.24, 2.45) is 18.7 Å². The summed E-state index contributed by atoms with van der Waals surface area (Å²) in [6.45, 7) is 5.05. The molecule has 96 valence electrons. The van der Waals surface area contributed by atoms with Crippen LogP contribution in [0.1, 0.15) is 31.7 Å². The minimum absolute atomic E-state index is 0.181. The lowest BCUT2D eigenvalue weighted by atomic mass is 9.94. The van der Waals surface area contributed by atoms with E-state index in [2.05, 4.69) is 25.0 Å². The largest absolute Gasteiger partial charge is 0.378 e. The van der Waals surface area contributed by atoms with Gasteiger partial charge in [0.15, 0.2) is 0 Å². The Bertz CT molecular complexity index is 375. The Balaban J connectivity index is 1.97. The maximum Gasteiger partial charge on any atom is 0.0624 e. The highest BCUT2D eigenvalue weighted by Gasteiger charge is 2.27. The van der Waals surface area contributed by atoms with Crippen LogP contribution in [-0.2, 0) is 24.6 Å². The van der Waals surface area contributed by atoms with Crippen LogP contribution in [0.5, 0.6) is 0 Å². The van der Waals surface area contributed by atoms with Crippen LogP contribution in [0.25, 0.3) is 0 Å². The van der Waals surface area contributed by atoms with Gasteiger partial charge in [-0.3, -0.25) is 4.68 Å². The Morgan fingerprint density at radius 1 is 1.65 bits per heavy atom. The minimum Gasteiger partial charge on any atom is -0.378 e. The first-order chi connectivity index (χ1) is 8.10. The zero-order valence-corrected chi connectivity index (χ0v) is 11.0. The molecule has 3 atom stereocenters. The van der Waals surface area contributed by atoms with Crippen LogP contribution in [0.2, 0.25) is 0 Å². The van der Waals surface area contributed by atoms with Gasteiger partial charge in [-0.25, -0.2) is 0 Å². The van der Waals surface area contributed by atoms with Gasteiger partial charge in [-0.1, -0.05) is 6.92 Å². The molecule has 0 aliphatic carbocycles. The summed E-state index contributed by atoms with van der Waals surface area (Å²) in [5, 5.41) is 4.45. The normalized spacial score (nSPS) is 26.4. The average Bonchev–Trinajstić information content (AvgIpc) is 2.86. The summed E-state index contributed by atoms with van der Waals surface area (Å²) in [5.74, 6) is 0.491. The van der Waals surface area contributed by atoms with Crippen molar-refractivity contribution in [3.8, 4) is 0 Å². The Morgan fingerprint density at radius 3 is 2.94 bits per heavy atom. The van der Waals surface area contributed by atoms with Gasteiger partial charge in [0.2, 0.25) is 0 Å². The van der Waals surface area contributed by atoms with E-state index >= 15 is 0 Å². The van der Waals surface area contributed by atoms with Crippen LogP contribution < -0.4 is 5.73 Å². The molecule has 0 bridgehead atoms. The highest BCUT2D eigenvalue weighted by atomic mass is 16.5. The lowest BCUT2D eigenvalue weighted by Gasteiger charge is -2.17. The molecule has 1 fully saturated rings. The predicted molar refractivity (Wildman–Crippen MR) is 67.8 cm³/mol. The van der Waals surface area contributed by atoms with Crippen LogP contribution in [0.3, 0.4) is 0 Å². The molecular weight excluding hydrogens is 214 g/mol. The number of nitrogens with two attached hydrogens (primary N) is 1. The monoisotopic (exact) mass is 237 g/mol. The molecule has 0 aromatic carbocycles. The first kappa shape index (κ1) is 12.6. The molecule has 2 rings (SSSR count). The van der Waals surface area contributed by atoms with Crippen molar-refractivity contribution in [2.75, 3.05) is 6.61 Å². The molecule has 1 aromatic rings. The molecule has 2 heterocycles. The fourth-order valence-electron chi connectivity index (χ4n) is 2.49. The Morgan fingerprint density at radius 2 is 2.41 bits per heavy atom. The molecule has 4 heteroatoms. The van der Waals surface area contributed by atoms with Crippen LogP contribution in [0.4, 0.5) is 0 Å². The smallest absolute Gasteiger partial charge is 0.0624 e. The molecule has 17 heavy (non-hydrogen) atoms. The maximum atomic E-state index is 6.27. The van der Waals surface area contributed by atoms with Crippen molar-refractivity contribution >= 4 is 0 Å². The summed E-state index contributed by atoms with van der Waals surface area (Å²) >= 11 is 0. The van der Waals surface area contributed by atoms with E-state index in [-0.39, 0.29) is 6.04 Å². The van der Waals surface area contributed by atoms with E-state index < -0.39 is 0 Å². The van der Waals surface area contributed by atoms with E-state index in [9.17, 15) is 0 Å². The summed E-state index contributed by atoms with van der Waals surface area (Å²) in [6, 6.07) is 2.35. The fraction of sp³-hybridized carbons (Fsp3) is 0.769. The highest BCUT2D eigenvalue weighted by Crippen LogP contribution is 2.23. The SMILES string of the molecule is CCc1cc(CC(N)C2COC(C)C2)n(C)n1. The van der Waals surface area contributed by atoms with Crippen molar-refractivity contribution in [2.45, 2.75) is 45.3 Å². The van der Waals surface area contributed by atoms with Gasteiger partial charge in [-0.05, 0) is 25.8 Å². The molecule has 1 aliphatic rings. The van der Waals surface area contributed by atoms with Gasteiger partial charge < -0.3 is 10.5 Å². The van der Waals surface area contributed by atoms with Crippen molar-refractivity contribution in [1.29, 1.82) is 0 Å². The summed E-state index contributed by atoms with van der Waals surface area (Å²) in [4.78, 5) is 0. The Labute approximate surface area is 103 Å². The Hall–Kier alpha value is -0.870. The quantitative estimate of drug-likeness (QED) is 0.858. The van der Waals surface area contributed by atoms with Crippen LogP contribution in [0, 0.1) is 5.92 Å². The van der Waals surface area contributed by atoms with Crippen molar-refractivity contribution < 1.29 is 4.74 Å². The van der Waals surface area contributed by atoms with E-state index in [1.54, 1.807) is 0 Å². The van der Waals surface area contributed by atoms with Gasteiger partial charge in [0.25, 0.3) is 0 Å². The molecule has 0 amide bonds. The third-order valence-corrected chi connectivity index (χ3v) is 3.67. The second-order valence-corrected chi connectivity index (χ2v) is 5.11. The molecule has 1 aliphatic heterocycles. The molecule has 0 saturated carbocycles. The third-order valence-electron chi connectivity index (χ3n) is 3.67. The molecule has 1 saturated heterocycles. The summed E-state index contributed by atoms with van der Waals surface area (Å²) < 4.78 is 7.53. The van der Waals surface area contributed by atoms with Crippen molar-refractivity contribution in [1.82, 2.24) is 9.78 Å². The first-order valence-corrected chi connectivity index (χ1v) is 6.49. The first-order valence-electron chi connectivity index (χ1n) is 6.49. The molecule has 4 nitrogen and oxygen atoms in total. The summed E-state index contributed by atoms with van der Waals surface area (Å²) in [7, 11) is 2.00. The fourth-order valence-corrected chi connectivity index (χ4v) is 2.49. The van der Waals surface area contributed by atoms with Crippen LogP contribution in [-0.4, -0.2) is 28.5 Å². The third kappa shape index (κ3) is 2.87. The molecule has 1 aromatic heterocycles. The number of nitrogens with zero attached hydrogens (tertiary/aromatic N) is 2. The molecule has 2 N–H and O–H groups in total. The second kappa shape index (κ2) is 5.19. The Kier molecular flexibility index (Phi) is 3.84.